The maximum Gasteiger partial charge on any atom is 0.263 e. The molecule has 36 heavy (non-hydrogen) atoms. The molecule has 1 amide bonds. The number of aromatic nitrogens is 2. The van der Waals surface area contributed by atoms with Crippen molar-refractivity contribution < 1.29 is 13.9 Å². The molecule has 190 valence electrons. The van der Waals surface area contributed by atoms with E-state index in [1.807, 2.05) is 0 Å². The second-order valence-electron chi connectivity index (χ2n) is 9.52. The third-order valence-electron chi connectivity index (χ3n) is 7.15. The number of nitrogens with zero attached hydrogens (tertiary/aromatic N) is 3. The van der Waals surface area contributed by atoms with Crippen LogP contribution in [0.2, 0.25) is 5.02 Å². The molecule has 11 heteroatoms. The van der Waals surface area contributed by atoms with Gasteiger partial charge in [0.2, 0.25) is 0 Å². The number of nitrogens with one attached hydrogen (secondary N) is 2. The van der Waals surface area contributed by atoms with Crippen LogP contribution in [0.4, 0.5) is 10.2 Å². The Hall–Kier alpha value is -2.72. The second kappa shape index (κ2) is 9.97. The normalized spacial score (nSPS) is 20.7. The van der Waals surface area contributed by atoms with Gasteiger partial charge in [0, 0.05) is 49.8 Å². The molecule has 8 nitrogen and oxygen atoms in total. The Kier molecular flexibility index (Phi) is 6.91. The Morgan fingerprint density at radius 2 is 2.06 bits per heavy atom. The van der Waals surface area contributed by atoms with Crippen molar-refractivity contribution in [1.82, 2.24) is 19.8 Å². The summed E-state index contributed by atoms with van der Waals surface area (Å²) in [5.41, 5.74) is 2.00. The predicted molar refractivity (Wildman–Crippen MR) is 138 cm³/mol. The van der Waals surface area contributed by atoms with E-state index >= 15 is 0 Å². The highest BCUT2D eigenvalue weighted by Gasteiger charge is 2.32. The summed E-state index contributed by atoms with van der Waals surface area (Å²) in [6.45, 7) is 4.33. The topological polar surface area (TPSA) is 88.5 Å². The molecular formula is C25H26Cl2FN5O3. The summed E-state index contributed by atoms with van der Waals surface area (Å²) in [6, 6.07) is 8.28. The van der Waals surface area contributed by atoms with Gasteiger partial charge in [0.1, 0.15) is 5.82 Å². The minimum atomic E-state index is -0.233. The Bertz CT molecular complexity index is 1400. The quantitative estimate of drug-likeness (QED) is 0.506. The number of benzene rings is 1. The molecule has 2 N–H and O–H groups in total. The van der Waals surface area contributed by atoms with Crippen molar-refractivity contribution in [2.45, 2.75) is 25.4 Å². The first-order valence-electron chi connectivity index (χ1n) is 11.8. The van der Waals surface area contributed by atoms with E-state index in [1.165, 1.54) is 6.07 Å². The molecular weight excluding hydrogens is 508 g/mol. The highest BCUT2D eigenvalue weighted by Crippen LogP contribution is 2.36. The second-order valence-corrected chi connectivity index (χ2v) is 9.93. The number of likely N-dealkylation sites (tertiary alicyclic amines) is 1. The molecule has 1 aromatic carbocycles. The lowest BCUT2D eigenvalue weighted by Gasteiger charge is -2.21. The van der Waals surface area contributed by atoms with E-state index in [2.05, 4.69) is 20.5 Å². The molecule has 0 saturated carbocycles. The zero-order valence-corrected chi connectivity index (χ0v) is 21.0. The number of carbonyl (C=O) groups excluding carboxylic acids is 1. The van der Waals surface area contributed by atoms with Gasteiger partial charge in [-0.3, -0.25) is 9.59 Å². The van der Waals surface area contributed by atoms with Gasteiger partial charge in [-0.15, -0.1) is 12.4 Å². The lowest BCUT2D eigenvalue weighted by molar-refractivity contribution is -0.118. The van der Waals surface area contributed by atoms with Crippen LogP contribution in [0.3, 0.4) is 0 Å². The van der Waals surface area contributed by atoms with Crippen molar-refractivity contribution in [3.63, 3.8) is 0 Å². The minimum absolute atomic E-state index is 0. The van der Waals surface area contributed by atoms with Gasteiger partial charge in [0.05, 0.1) is 16.2 Å². The van der Waals surface area contributed by atoms with Crippen LogP contribution in [0.25, 0.3) is 10.9 Å². The fraction of sp³-hybridized carbons (Fsp3) is 0.400. The maximum atomic E-state index is 14.8. The highest BCUT2D eigenvalue weighted by atomic mass is 35.5. The molecule has 0 spiro atoms. The van der Waals surface area contributed by atoms with E-state index in [0.717, 1.165) is 43.5 Å². The molecule has 2 atom stereocenters. The number of ether oxygens (including phenoxy) is 1. The van der Waals surface area contributed by atoms with Gasteiger partial charge in [-0.25, -0.2) is 9.37 Å². The van der Waals surface area contributed by atoms with Crippen molar-refractivity contribution in [2.24, 2.45) is 5.92 Å². The molecule has 1 unspecified atom stereocenters. The van der Waals surface area contributed by atoms with Gasteiger partial charge in [-0.05, 0) is 49.0 Å². The lowest BCUT2D eigenvalue weighted by Crippen LogP contribution is -2.30. The monoisotopic (exact) mass is 533 g/mol. The Labute approximate surface area is 218 Å². The SMILES string of the molecule is Cl.O=C1COc2cc(Cl)c(CNC[C@H]3CCN(CC4Cn5c(=O)ccc6ccc(F)c4c65)C3)nc2N1. The number of hydrogen-bond donors (Lipinski definition) is 2. The van der Waals surface area contributed by atoms with Crippen molar-refractivity contribution >= 4 is 46.6 Å². The lowest BCUT2D eigenvalue weighted by atomic mass is 9.98. The van der Waals surface area contributed by atoms with Crippen LogP contribution in [0.1, 0.15) is 23.6 Å². The van der Waals surface area contributed by atoms with Crippen molar-refractivity contribution in [3.05, 3.63) is 62.8 Å². The number of halogens is 3. The van der Waals surface area contributed by atoms with Gasteiger partial charge >= 0.3 is 0 Å². The molecule has 0 bridgehead atoms. The summed E-state index contributed by atoms with van der Waals surface area (Å²) >= 11 is 6.35. The molecule has 2 aromatic heterocycles. The Balaban J connectivity index is 0.00000267. The van der Waals surface area contributed by atoms with Gasteiger partial charge < -0.3 is 24.8 Å². The number of anilines is 1. The fourth-order valence-corrected chi connectivity index (χ4v) is 5.73. The fourth-order valence-electron chi connectivity index (χ4n) is 5.52. The molecule has 3 aromatic rings. The van der Waals surface area contributed by atoms with Crippen molar-refractivity contribution in [3.8, 4) is 5.75 Å². The van der Waals surface area contributed by atoms with E-state index in [4.69, 9.17) is 16.3 Å². The molecule has 1 fully saturated rings. The summed E-state index contributed by atoms with van der Waals surface area (Å²) in [5, 5.41) is 7.54. The van der Waals surface area contributed by atoms with E-state index in [0.29, 0.717) is 46.9 Å². The number of fused-ring (bicyclic) bond motifs is 1. The molecule has 1 saturated heterocycles. The van der Waals surface area contributed by atoms with Gasteiger partial charge in [-0.2, -0.15) is 0 Å². The van der Waals surface area contributed by atoms with Gasteiger partial charge in [-0.1, -0.05) is 11.6 Å². The van der Waals surface area contributed by atoms with Gasteiger partial charge in [0.15, 0.2) is 18.2 Å². The highest BCUT2D eigenvalue weighted by molar-refractivity contribution is 6.31. The first kappa shape index (κ1) is 25.0. The van der Waals surface area contributed by atoms with Crippen molar-refractivity contribution in [2.75, 3.05) is 38.1 Å². The van der Waals surface area contributed by atoms with Crippen LogP contribution in [0, 0.1) is 11.7 Å². The van der Waals surface area contributed by atoms with Gasteiger partial charge in [0.25, 0.3) is 11.5 Å². The average Bonchev–Trinajstić information content (AvgIpc) is 3.45. The van der Waals surface area contributed by atoms with E-state index in [1.54, 1.807) is 28.8 Å². The Morgan fingerprint density at radius 1 is 1.22 bits per heavy atom. The molecule has 3 aliphatic heterocycles. The average molecular weight is 534 g/mol. The van der Waals surface area contributed by atoms with E-state index in [9.17, 15) is 14.0 Å². The first-order chi connectivity index (χ1) is 17.0. The number of hydrogen-bond acceptors (Lipinski definition) is 6. The number of pyridine rings is 2. The predicted octanol–water partition coefficient (Wildman–Crippen LogP) is 3.15. The summed E-state index contributed by atoms with van der Waals surface area (Å²) in [5.74, 6) is 0.830. The largest absolute Gasteiger partial charge is 0.480 e. The van der Waals surface area contributed by atoms with Crippen molar-refractivity contribution in [1.29, 1.82) is 0 Å². The first-order valence-corrected chi connectivity index (χ1v) is 12.2. The van der Waals surface area contributed by atoms with Crippen LogP contribution < -0.4 is 20.9 Å². The number of amides is 1. The molecule has 6 rings (SSSR count). The molecule has 0 radical (unpaired) electrons. The minimum Gasteiger partial charge on any atom is -0.480 e. The van der Waals surface area contributed by atoms with E-state index < -0.39 is 0 Å². The maximum absolute atomic E-state index is 14.8. The standard InChI is InChI=1S/C25H25ClFN5O3.ClH/c26-17-7-20-25(30-21(33)13-35-20)29-19(17)9-28-8-14-5-6-31(10-14)11-16-12-32-22(34)4-2-15-1-3-18(27)23(16)24(15)32;/h1-4,7,14,16,28H,5-6,8-13H2,(H,29,30,33);1H/t14-,16?;/m1./s1. The van der Waals surface area contributed by atoms with E-state index in [-0.39, 0.29) is 42.2 Å². The van der Waals surface area contributed by atoms with Crippen LogP contribution in [0.15, 0.2) is 35.1 Å². The number of rotatable bonds is 6. The smallest absolute Gasteiger partial charge is 0.263 e. The number of carbonyl (C=O) groups is 1. The van der Waals surface area contributed by atoms with Crippen LogP contribution in [-0.4, -0.2) is 53.1 Å². The molecule has 3 aliphatic rings. The zero-order chi connectivity index (χ0) is 24.1. The molecule has 5 heterocycles. The third-order valence-corrected chi connectivity index (χ3v) is 7.48. The van der Waals surface area contributed by atoms with Crippen LogP contribution in [0.5, 0.6) is 5.75 Å². The summed E-state index contributed by atoms with van der Waals surface area (Å²) in [7, 11) is 0. The summed E-state index contributed by atoms with van der Waals surface area (Å²) < 4.78 is 21.8. The Morgan fingerprint density at radius 3 is 2.92 bits per heavy atom. The zero-order valence-electron chi connectivity index (χ0n) is 19.4. The summed E-state index contributed by atoms with van der Waals surface area (Å²) in [6.07, 6.45) is 1.04. The van der Waals surface area contributed by atoms with Crippen LogP contribution in [-0.2, 0) is 17.9 Å². The molecule has 0 aliphatic carbocycles. The van der Waals surface area contributed by atoms with Crippen LogP contribution >= 0.6 is 24.0 Å². The summed E-state index contributed by atoms with van der Waals surface area (Å²) in [4.78, 5) is 30.7. The third kappa shape index (κ3) is 4.56.